The highest BCUT2D eigenvalue weighted by atomic mass is 15.3. The van der Waals surface area contributed by atoms with E-state index in [0.717, 1.165) is 36.7 Å². The van der Waals surface area contributed by atoms with Crippen molar-refractivity contribution >= 4 is 5.96 Å². The van der Waals surface area contributed by atoms with Crippen LogP contribution in [0.5, 0.6) is 0 Å². The Hall–Kier alpha value is -2.37. The highest BCUT2D eigenvalue weighted by Gasteiger charge is 2.13. The van der Waals surface area contributed by atoms with Gasteiger partial charge in [0.05, 0.1) is 17.9 Å². The fraction of sp³-hybridized carbons (Fsp3) is 0.471. The van der Waals surface area contributed by atoms with Gasteiger partial charge in [-0.15, -0.1) is 0 Å². The van der Waals surface area contributed by atoms with E-state index in [1.807, 2.05) is 29.9 Å². The van der Waals surface area contributed by atoms with E-state index in [-0.39, 0.29) is 0 Å². The van der Waals surface area contributed by atoms with E-state index >= 15 is 0 Å². The molecular formula is C17H26N6. The Morgan fingerprint density at radius 1 is 1.17 bits per heavy atom. The molecule has 2 heterocycles. The van der Waals surface area contributed by atoms with Crippen molar-refractivity contribution in [2.45, 2.75) is 39.8 Å². The highest BCUT2D eigenvalue weighted by molar-refractivity contribution is 5.79. The molecule has 0 aromatic carbocycles. The molecule has 0 spiro atoms. The summed E-state index contributed by atoms with van der Waals surface area (Å²) in [6.45, 7) is 5.67. The molecule has 0 fully saturated rings. The third-order valence-corrected chi connectivity index (χ3v) is 3.85. The minimum atomic E-state index is 0.648. The van der Waals surface area contributed by atoms with Crippen molar-refractivity contribution in [2.75, 3.05) is 7.05 Å². The Kier molecular flexibility index (Phi) is 6.14. The lowest BCUT2D eigenvalue weighted by atomic mass is 10.1. The van der Waals surface area contributed by atoms with Gasteiger partial charge in [0.2, 0.25) is 0 Å². The van der Waals surface area contributed by atoms with Crippen molar-refractivity contribution < 1.29 is 0 Å². The maximum Gasteiger partial charge on any atom is 0.191 e. The van der Waals surface area contributed by atoms with Gasteiger partial charge in [-0.05, 0) is 25.0 Å². The molecule has 0 bridgehead atoms. The molecule has 0 saturated heterocycles. The van der Waals surface area contributed by atoms with Crippen LogP contribution in [0.4, 0.5) is 0 Å². The van der Waals surface area contributed by atoms with Gasteiger partial charge >= 0.3 is 0 Å². The lowest BCUT2D eigenvalue weighted by Gasteiger charge is -2.12. The zero-order valence-corrected chi connectivity index (χ0v) is 14.4. The van der Waals surface area contributed by atoms with Crippen LogP contribution >= 0.6 is 0 Å². The van der Waals surface area contributed by atoms with E-state index in [0.29, 0.717) is 6.54 Å². The summed E-state index contributed by atoms with van der Waals surface area (Å²) < 4.78 is 1.99. The topological polar surface area (TPSA) is 67.1 Å². The third kappa shape index (κ3) is 4.31. The van der Waals surface area contributed by atoms with Gasteiger partial charge < -0.3 is 10.6 Å². The van der Waals surface area contributed by atoms with Crippen LogP contribution in [-0.2, 0) is 33.0 Å². The first-order valence-corrected chi connectivity index (χ1v) is 8.07. The van der Waals surface area contributed by atoms with Crippen molar-refractivity contribution in [1.82, 2.24) is 25.4 Å². The molecule has 0 aliphatic heterocycles. The van der Waals surface area contributed by atoms with Crippen LogP contribution in [0.25, 0.3) is 0 Å². The maximum atomic E-state index is 4.60. The van der Waals surface area contributed by atoms with Gasteiger partial charge in [-0.25, -0.2) is 0 Å². The van der Waals surface area contributed by atoms with Gasteiger partial charge in [0.1, 0.15) is 0 Å². The van der Waals surface area contributed by atoms with Crippen molar-refractivity contribution in [3.05, 3.63) is 47.0 Å². The number of nitrogens with one attached hydrogen (secondary N) is 2. The summed E-state index contributed by atoms with van der Waals surface area (Å²) in [5.41, 5.74) is 4.69. The fourth-order valence-electron chi connectivity index (χ4n) is 2.66. The second kappa shape index (κ2) is 8.31. The predicted octanol–water partition coefficient (Wildman–Crippen LogP) is 1.81. The van der Waals surface area contributed by atoms with Crippen molar-refractivity contribution in [3.63, 3.8) is 0 Å². The first-order valence-electron chi connectivity index (χ1n) is 8.07. The number of aliphatic imine (C=N–C) groups is 1. The van der Waals surface area contributed by atoms with Gasteiger partial charge in [0, 0.05) is 38.1 Å². The fourth-order valence-corrected chi connectivity index (χ4v) is 2.66. The van der Waals surface area contributed by atoms with Crippen LogP contribution in [0, 0.1) is 0 Å². The molecule has 0 unspecified atom stereocenters. The standard InChI is InChI=1S/C17H26N6/c1-5-15-14(16(6-2)23(4)22-15)12-21-17(18-3)20-11-13-9-7-8-10-19-13/h7-10H,5-6,11-12H2,1-4H3,(H2,18,20,21). The summed E-state index contributed by atoms with van der Waals surface area (Å²) >= 11 is 0. The molecule has 124 valence electrons. The second-order valence-electron chi connectivity index (χ2n) is 5.30. The molecule has 2 rings (SSSR count). The molecule has 23 heavy (non-hydrogen) atoms. The van der Waals surface area contributed by atoms with Crippen molar-refractivity contribution in [1.29, 1.82) is 0 Å². The van der Waals surface area contributed by atoms with E-state index in [4.69, 9.17) is 0 Å². The summed E-state index contributed by atoms with van der Waals surface area (Å²) in [5.74, 6) is 0.767. The zero-order chi connectivity index (χ0) is 16.7. The smallest absolute Gasteiger partial charge is 0.191 e. The Bertz CT molecular complexity index is 645. The monoisotopic (exact) mass is 314 g/mol. The molecule has 6 heteroatoms. The van der Waals surface area contributed by atoms with Crippen LogP contribution < -0.4 is 10.6 Å². The summed E-state index contributed by atoms with van der Waals surface area (Å²) in [6.07, 6.45) is 3.70. The number of rotatable bonds is 6. The van der Waals surface area contributed by atoms with Crippen LogP contribution in [0.2, 0.25) is 0 Å². The Balaban J connectivity index is 1.98. The number of hydrogen-bond acceptors (Lipinski definition) is 3. The number of nitrogens with zero attached hydrogens (tertiary/aromatic N) is 4. The van der Waals surface area contributed by atoms with E-state index in [1.165, 1.54) is 11.3 Å². The number of guanidine groups is 1. The average Bonchev–Trinajstić information content (AvgIpc) is 2.90. The molecule has 0 atom stereocenters. The molecule has 0 amide bonds. The average molecular weight is 314 g/mol. The van der Waals surface area contributed by atoms with Crippen LogP contribution in [0.15, 0.2) is 29.4 Å². The first kappa shape index (κ1) is 17.0. The molecule has 0 aliphatic carbocycles. The van der Waals surface area contributed by atoms with Crippen LogP contribution in [0.1, 0.15) is 36.5 Å². The highest BCUT2D eigenvalue weighted by Crippen LogP contribution is 2.15. The predicted molar refractivity (Wildman–Crippen MR) is 93.2 cm³/mol. The SMILES string of the molecule is CCc1nn(C)c(CC)c1CNC(=NC)NCc1ccccn1. The van der Waals surface area contributed by atoms with E-state index in [1.54, 1.807) is 13.2 Å². The number of aromatic nitrogens is 3. The Labute approximate surface area is 138 Å². The first-order chi connectivity index (χ1) is 11.2. The lowest BCUT2D eigenvalue weighted by Crippen LogP contribution is -2.36. The second-order valence-corrected chi connectivity index (χ2v) is 5.30. The largest absolute Gasteiger partial charge is 0.352 e. The number of pyridine rings is 1. The number of hydrogen-bond donors (Lipinski definition) is 2. The molecule has 0 radical (unpaired) electrons. The lowest BCUT2D eigenvalue weighted by molar-refractivity contribution is 0.702. The van der Waals surface area contributed by atoms with Crippen LogP contribution in [0.3, 0.4) is 0 Å². The van der Waals surface area contributed by atoms with Gasteiger partial charge in [-0.3, -0.25) is 14.7 Å². The van der Waals surface area contributed by atoms with Gasteiger partial charge in [0.25, 0.3) is 0 Å². The minimum absolute atomic E-state index is 0.648. The van der Waals surface area contributed by atoms with E-state index in [9.17, 15) is 0 Å². The van der Waals surface area contributed by atoms with Crippen LogP contribution in [-0.4, -0.2) is 27.8 Å². The van der Waals surface area contributed by atoms with Crippen molar-refractivity contribution in [3.8, 4) is 0 Å². The third-order valence-electron chi connectivity index (χ3n) is 3.85. The van der Waals surface area contributed by atoms with E-state index < -0.39 is 0 Å². The summed E-state index contributed by atoms with van der Waals surface area (Å²) in [7, 11) is 3.79. The molecule has 0 saturated carbocycles. The maximum absolute atomic E-state index is 4.60. The Morgan fingerprint density at radius 2 is 1.96 bits per heavy atom. The van der Waals surface area contributed by atoms with Crippen molar-refractivity contribution in [2.24, 2.45) is 12.0 Å². The molecule has 2 N–H and O–H groups in total. The summed E-state index contributed by atoms with van der Waals surface area (Å²) in [5, 5.41) is 11.3. The van der Waals surface area contributed by atoms with Gasteiger partial charge in [-0.2, -0.15) is 5.10 Å². The molecule has 0 aliphatic rings. The minimum Gasteiger partial charge on any atom is -0.352 e. The summed E-state index contributed by atoms with van der Waals surface area (Å²) in [4.78, 5) is 8.58. The summed E-state index contributed by atoms with van der Waals surface area (Å²) in [6, 6.07) is 5.89. The molecular weight excluding hydrogens is 288 g/mol. The number of aryl methyl sites for hydroxylation is 2. The molecule has 2 aromatic heterocycles. The quantitative estimate of drug-likeness (QED) is 0.630. The van der Waals surface area contributed by atoms with E-state index in [2.05, 4.69) is 39.6 Å². The zero-order valence-electron chi connectivity index (χ0n) is 14.4. The molecule has 2 aromatic rings. The normalized spacial score (nSPS) is 11.6. The molecule has 6 nitrogen and oxygen atoms in total. The van der Waals surface area contributed by atoms with Gasteiger partial charge in [0.15, 0.2) is 5.96 Å². The Morgan fingerprint density at radius 3 is 2.57 bits per heavy atom. The van der Waals surface area contributed by atoms with Gasteiger partial charge in [-0.1, -0.05) is 19.9 Å².